The summed E-state index contributed by atoms with van der Waals surface area (Å²) in [5.74, 6) is -0.542. The summed E-state index contributed by atoms with van der Waals surface area (Å²) in [5.41, 5.74) is -0.454. The van der Waals surface area contributed by atoms with E-state index < -0.39 is 26.7 Å². The molecule has 0 spiro atoms. The summed E-state index contributed by atoms with van der Waals surface area (Å²) in [4.78, 5) is 3.47. The molecule has 4 nitrogen and oxygen atoms in total. The van der Waals surface area contributed by atoms with Gasteiger partial charge in [-0.1, -0.05) is 0 Å². The van der Waals surface area contributed by atoms with E-state index >= 15 is 0 Å². The van der Waals surface area contributed by atoms with Crippen LogP contribution in [0.4, 0.5) is 13.2 Å². The Kier molecular flexibility index (Phi) is 4.59. The first kappa shape index (κ1) is 17.6. The molecule has 0 unspecified atom stereocenters. The first-order valence-corrected chi connectivity index (χ1v) is 8.57. The Labute approximate surface area is 135 Å². The van der Waals surface area contributed by atoms with Crippen molar-refractivity contribution in [3.63, 3.8) is 0 Å². The largest absolute Gasteiger partial charge is 0.438 e. The topological polar surface area (TPSA) is 56.3 Å². The molecule has 124 valence electrons. The van der Waals surface area contributed by atoms with Gasteiger partial charge in [-0.05, 0) is 49.2 Å². The molecule has 0 amide bonds. The minimum Gasteiger partial charge on any atom is -0.438 e. The van der Waals surface area contributed by atoms with E-state index in [9.17, 15) is 21.6 Å². The number of hydrogen-bond acceptors (Lipinski definition) is 4. The highest BCUT2D eigenvalue weighted by Crippen LogP contribution is 2.38. The second-order valence-corrected chi connectivity index (χ2v) is 7.31. The number of aryl methyl sites for hydroxylation is 2. The van der Waals surface area contributed by atoms with Crippen LogP contribution in [0.1, 0.15) is 16.7 Å². The van der Waals surface area contributed by atoms with Crippen LogP contribution in [-0.2, 0) is 15.2 Å². The summed E-state index contributed by atoms with van der Waals surface area (Å²) in [6, 6.07) is 4.54. The zero-order chi connectivity index (χ0) is 17.4. The van der Waals surface area contributed by atoms with E-state index in [1.165, 1.54) is 32.2 Å². The van der Waals surface area contributed by atoms with Crippen LogP contribution in [0.2, 0.25) is 0 Å². The van der Waals surface area contributed by atoms with Gasteiger partial charge in [-0.15, -0.1) is 0 Å². The Balaban J connectivity index is 2.49. The fraction of sp³-hybridized carbons (Fsp3) is 0.214. The van der Waals surface area contributed by atoms with Crippen LogP contribution in [0.5, 0.6) is 11.6 Å². The standard InChI is InChI=1S/C14H11ClF3NO3S/c1-8-7-12(23(15,20)21)9(2)6-11(8)22-13-10(14(16,17)18)4-3-5-19-13/h3-7H,1-2H3. The molecule has 0 aliphatic rings. The second kappa shape index (κ2) is 6.01. The average Bonchev–Trinajstić information content (AvgIpc) is 2.40. The van der Waals surface area contributed by atoms with Gasteiger partial charge in [0.25, 0.3) is 9.05 Å². The molecule has 0 saturated carbocycles. The molecule has 1 heterocycles. The van der Waals surface area contributed by atoms with Gasteiger partial charge in [0.05, 0.1) is 4.90 Å². The Morgan fingerprint density at radius 3 is 2.39 bits per heavy atom. The molecule has 2 rings (SSSR count). The summed E-state index contributed by atoms with van der Waals surface area (Å²) in [5, 5.41) is 0. The van der Waals surface area contributed by atoms with Crippen molar-refractivity contribution in [2.75, 3.05) is 0 Å². The van der Waals surface area contributed by atoms with Crippen LogP contribution in [0.3, 0.4) is 0 Å². The highest BCUT2D eigenvalue weighted by Gasteiger charge is 2.35. The normalized spacial score (nSPS) is 12.3. The van der Waals surface area contributed by atoms with Gasteiger partial charge in [-0.25, -0.2) is 13.4 Å². The van der Waals surface area contributed by atoms with E-state index in [4.69, 9.17) is 15.4 Å². The average molecular weight is 366 g/mol. The van der Waals surface area contributed by atoms with Crippen molar-refractivity contribution in [3.8, 4) is 11.6 Å². The van der Waals surface area contributed by atoms with Crippen LogP contribution >= 0.6 is 10.7 Å². The molecule has 0 N–H and O–H groups in total. The fourth-order valence-electron chi connectivity index (χ4n) is 1.93. The maximum atomic E-state index is 12.9. The number of benzene rings is 1. The first-order chi connectivity index (χ1) is 10.5. The van der Waals surface area contributed by atoms with Gasteiger partial charge >= 0.3 is 6.18 Å². The Morgan fingerprint density at radius 1 is 1.17 bits per heavy atom. The lowest BCUT2D eigenvalue weighted by molar-refractivity contribution is -0.138. The third kappa shape index (κ3) is 3.94. The lowest BCUT2D eigenvalue weighted by atomic mass is 10.1. The SMILES string of the molecule is Cc1cc(S(=O)(=O)Cl)c(C)cc1Oc1ncccc1C(F)(F)F. The highest BCUT2D eigenvalue weighted by atomic mass is 35.7. The number of alkyl halides is 3. The molecular weight excluding hydrogens is 355 g/mol. The van der Waals surface area contributed by atoms with E-state index in [2.05, 4.69) is 4.98 Å². The smallest absolute Gasteiger partial charge is 0.421 e. The molecule has 0 atom stereocenters. The summed E-state index contributed by atoms with van der Waals surface area (Å²) in [6.45, 7) is 2.96. The van der Waals surface area contributed by atoms with Crippen LogP contribution in [0.25, 0.3) is 0 Å². The van der Waals surface area contributed by atoms with E-state index in [0.717, 1.165) is 12.1 Å². The van der Waals surface area contributed by atoms with Crippen LogP contribution in [0.15, 0.2) is 35.4 Å². The number of hydrogen-bond donors (Lipinski definition) is 0. The molecule has 0 aliphatic heterocycles. The lowest BCUT2D eigenvalue weighted by Crippen LogP contribution is -2.08. The first-order valence-electron chi connectivity index (χ1n) is 6.26. The predicted octanol–water partition coefficient (Wildman–Crippen LogP) is 4.44. The van der Waals surface area contributed by atoms with Crippen molar-refractivity contribution in [1.29, 1.82) is 0 Å². The molecule has 0 saturated heterocycles. The van der Waals surface area contributed by atoms with Crippen molar-refractivity contribution in [1.82, 2.24) is 4.98 Å². The van der Waals surface area contributed by atoms with Gasteiger partial charge in [0, 0.05) is 16.9 Å². The van der Waals surface area contributed by atoms with E-state index in [1.54, 1.807) is 0 Å². The molecule has 9 heteroatoms. The Bertz CT molecular complexity index is 851. The van der Waals surface area contributed by atoms with E-state index in [0.29, 0.717) is 5.56 Å². The zero-order valence-electron chi connectivity index (χ0n) is 12.0. The fourth-order valence-corrected chi connectivity index (χ4v) is 3.19. The molecule has 0 fully saturated rings. The van der Waals surface area contributed by atoms with E-state index in [1.807, 2.05) is 0 Å². The van der Waals surface area contributed by atoms with Gasteiger partial charge in [0.2, 0.25) is 5.88 Å². The van der Waals surface area contributed by atoms with Gasteiger partial charge in [-0.2, -0.15) is 13.2 Å². The molecule has 23 heavy (non-hydrogen) atoms. The number of aromatic nitrogens is 1. The Morgan fingerprint density at radius 2 is 1.83 bits per heavy atom. The molecule has 0 bridgehead atoms. The van der Waals surface area contributed by atoms with Crippen molar-refractivity contribution in [2.45, 2.75) is 24.9 Å². The van der Waals surface area contributed by atoms with Crippen molar-refractivity contribution in [3.05, 3.63) is 47.2 Å². The van der Waals surface area contributed by atoms with Crippen LogP contribution in [-0.4, -0.2) is 13.4 Å². The van der Waals surface area contributed by atoms with E-state index in [-0.39, 0.29) is 16.2 Å². The molecule has 1 aromatic heterocycles. The minimum atomic E-state index is -4.62. The number of rotatable bonds is 3. The minimum absolute atomic E-state index is 0.0655. The molecule has 2 aromatic rings. The number of halogens is 4. The maximum absolute atomic E-state index is 12.9. The van der Waals surface area contributed by atoms with Crippen molar-refractivity contribution in [2.24, 2.45) is 0 Å². The third-order valence-corrected chi connectivity index (χ3v) is 4.48. The van der Waals surface area contributed by atoms with Crippen molar-refractivity contribution < 1.29 is 26.3 Å². The summed E-state index contributed by atoms with van der Waals surface area (Å²) >= 11 is 0. The summed E-state index contributed by atoms with van der Waals surface area (Å²) in [7, 11) is 1.35. The highest BCUT2D eigenvalue weighted by molar-refractivity contribution is 8.13. The predicted molar refractivity (Wildman–Crippen MR) is 78.3 cm³/mol. The number of ether oxygens (including phenoxy) is 1. The monoisotopic (exact) mass is 365 g/mol. The van der Waals surface area contributed by atoms with Crippen LogP contribution < -0.4 is 4.74 Å². The van der Waals surface area contributed by atoms with Crippen molar-refractivity contribution >= 4 is 19.7 Å². The number of pyridine rings is 1. The zero-order valence-corrected chi connectivity index (χ0v) is 13.6. The van der Waals surface area contributed by atoms with Gasteiger partial charge in [0.1, 0.15) is 11.3 Å². The van der Waals surface area contributed by atoms with Crippen LogP contribution in [0, 0.1) is 13.8 Å². The molecular formula is C14H11ClF3NO3S. The van der Waals surface area contributed by atoms with Gasteiger partial charge in [0.15, 0.2) is 0 Å². The molecule has 0 radical (unpaired) electrons. The molecule has 0 aliphatic carbocycles. The number of nitrogens with zero attached hydrogens (tertiary/aromatic N) is 1. The third-order valence-electron chi connectivity index (χ3n) is 3.02. The summed E-state index contributed by atoms with van der Waals surface area (Å²) < 4.78 is 66.9. The summed E-state index contributed by atoms with van der Waals surface area (Å²) in [6.07, 6.45) is -3.45. The van der Waals surface area contributed by atoms with Gasteiger partial charge < -0.3 is 4.74 Å². The quantitative estimate of drug-likeness (QED) is 0.755. The second-order valence-electron chi connectivity index (χ2n) is 4.78. The maximum Gasteiger partial charge on any atom is 0.421 e. The Hall–Kier alpha value is -1.80. The molecule has 1 aromatic carbocycles. The lowest BCUT2D eigenvalue weighted by Gasteiger charge is -2.15. The van der Waals surface area contributed by atoms with Gasteiger partial charge in [-0.3, -0.25) is 0 Å².